The van der Waals surface area contributed by atoms with E-state index in [4.69, 9.17) is 4.74 Å². The van der Waals surface area contributed by atoms with Gasteiger partial charge >= 0.3 is 5.69 Å². The average Bonchev–Trinajstić information content (AvgIpc) is 2.16. The van der Waals surface area contributed by atoms with Gasteiger partial charge in [0.05, 0.1) is 11.5 Å². The quantitative estimate of drug-likeness (QED) is 0.573. The fraction of sp³-hybridized carbons (Fsp3) is 0.455. The third kappa shape index (κ3) is 3.49. The van der Waals surface area contributed by atoms with Gasteiger partial charge in [0.25, 0.3) is 0 Å². The van der Waals surface area contributed by atoms with Gasteiger partial charge in [-0.3, -0.25) is 10.1 Å². The minimum Gasteiger partial charge on any atom is -0.487 e. The first-order chi connectivity index (χ1) is 7.50. The predicted octanol–water partition coefficient (Wildman–Crippen LogP) is 3.16. The Bertz CT molecular complexity index is 379. The summed E-state index contributed by atoms with van der Waals surface area (Å²) in [6.07, 6.45) is 0.771. The molecule has 0 radical (unpaired) electrons. The third-order valence-corrected chi connectivity index (χ3v) is 2.07. The lowest BCUT2D eigenvalue weighted by molar-refractivity contribution is -0.385. The van der Waals surface area contributed by atoms with Crippen LogP contribution < -0.4 is 4.74 Å². The summed E-state index contributed by atoms with van der Waals surface area (Å²) in [5.41, 5.74) is -0.204. The normalized spacial score (nSPS) is 10.5. The Hall–Kier alpha value is -1.65. The van der Waals surface area contributed by atoms with E-state index < -0.39 is 10.7 Å². The number of benzene rings is 1. The van der Waals surface area contributed by atoms with Crippen molar-refractivity contribution in [3.63, 3.8) is 0 Å². The molecule has 5 heteroatoms. The molecule has 0 aliphatic rings. The van der Waals surface area contributed by atoms with Crippen molar-refractivity contribution in [3.05, 3.63) is 34.1 Å². The highest BCUT2D eigenvalue weighted by atomic mass is 19.1. The first-order valence-electron chi connectivity index (χ1n) is 5.07. The highest BCUT2D eigenvalue weighted by Gasteiger charge is 2.15. The van der Waals surface area contributed by atoms with E-state index in [1.807, 2.05) is 13.8 Å². The summed E-state index contributed by atoms with van der Waals surface area (Å²) in [6.45, 7) is 4.38. The lowest BCUT2D eigenvalue weighted by Crippen LogP contribution is -2.03. The number of nitro groups is 1. The summed E-state index contributed by atoms with van der Waals surface area (Å²) in [6, 6.07) is 3.20. The molecule has 0 atom stereocenters. The largest absolute Gasteiger partial charge is 0.487 e. The van der Waals surface area contributed by atoms with Crippen molar-refractivity contribution >= 4 is 5.69 Å². The SMILES string of the molecule is CC(C)CCOc1cc(F)ccc1[N+](=O)[O-]. The van der Waals surface area contributed by atoms with Crippen LogP contribution in [0.5, 0.6) is 5.75 Å². The van der Waals surface area contributed by atoms with Crippen LogP contribution in [0.2, 0.25) is 0 Å². The predicted molar refractivity (Wildman–Crippen MR) is 58.0 cm³/mol. The summed E-state index contributed by atoms with van der Waals surface area (Å²) in [5.74, 6) is -0.108. The molecule has 0 fully saturated rings. The summed E-state index contributed by atoms with van der Waals surface area (Å²) in [5, 5.41) is 10.6. The van der Waals surface area contributed by atoms with E-state index in [1.165, 1.54) is 0 Å². The van der Waals surface area contributed by atoms with Crippen LogP contribution in [0.15, 0.2) is 18.2 Å². The van der Waals surface area contributed by atoms with Gasteiger partial charge < -0.3 is 4.74 Å². The van der Waals surface area contributed by atoms with Gasteiger partial charge in [0.15, 0.2) is 5.75 Å². The molecule has 16 heavy (non-hydrogen) atoms. The Balaban J connectivity index is 2.76. The van der Waals surface area contributed by atoms with E-state index in [0.717, 1.165) is 24.6 Å². The minimum absolute atomic E-state index is 0.00866. The second-order valence-electron chi connectivity index (χ2n) is 3.90. The van der Waals surface area contributed by atoms with Crippen molar-refractivity contribution in [1.82, 2.24) is 0 Å². The monoisotopic (exact) mass is 227 g/mol. The van der Waals surface area contributed by atoms with Gasteiger partial charge in [-0.1, -0.05) is 13.8 Å². The van der Waals surface area contributed by atoms with Gasteiger partial charge in [0.1, 0.15) is 5.82 Å². The molecule has 1 aromatic rings. The number of rotatable bonds is 5. The number of nitro benzene ring substituents is 1. The molecule has 1 rings (SSSR count). The van der Waals surface area contributed by atoms with Gasteiger partial charge in [-0.15, -0.1) is 0 Å². The molecule has 0 aliphatic carbocycles. The molecule has 1 aromatic carbocycles. The lowest BCUT2D eigenvalue weighted by Gasteiger charge is -2.08. The Morgan fingerprint density at radius 2 is 2.19 bits per heavy atom. The Kier molecular flexibility index (Phi) is 4.22. The van der Waals surface area contributed by atoms with Gasteiger partial charge in [-0.05, 0) is 18.4 Å². The van der Waals surface area contributed by atoms with Crippen LogP contribution in [0.3, 0.4) is 0 Å². The van der Waals surface area contributed by atoms with Crippen LogP contribution in [-0.4, -0.2) is 11.5 Å². The van der Waals surface area contributed by atoms with Crippen molar-refractivity contribution < 1.29 is 14.1 Å². The highest BCUT2D eigenvalue weighted by molar-refractivity contribution is 5.46. The summed E-state index contributed by atoms with van der Waals surface area (Å²) < 4.78 is 18.1. The zero-order valence-electron chi connectivity index (χ0n) is 9.27. The topological polar surface area (TPSA) is 52.4 Å². The summed E-state index contributed by atoms with van der Waals surface area (Å²) >= 11 is 0. The molecule has 0 aromatic heterocycles. The Morgan fingerprint density at radius 3 is 2.75 bits per heavy atom. The number of nitrogens with zero attached hydrogens (tertiary/aromatic N) is 1. The maximum absolute atomic E-state index is 12.9. The number of ether oxygens (including phenoxy) is 1. The Morgan fingerprint density at radius 1 is 1.50 bits per heavy atom. The maximum atomic E-state index is 12.9. The van der Waals surface area contributed by atoms with E-state index in [0.29, 0.717) is 12.5 Å². The van der Waals surface area contributed by atoms with E-state index in [1.54, 1.807) is 0 Å². The molecule has 0 aliphatic heterocycles. The van der Waals surface area contributed by atoms with Crippen molar-refractivity contribution in [2.24, 2.45) is 5.92 Å². The van der Waals surface area contributed by atoms with E-state index >= 15 is 0 Å². The van der Waals surface area contributed by atoms with E-state index in [9.17, 15) is 14.5 Å². The fourth-order valence-electron chi connectivity index (χ4n) is 1.16. The molecule has 0 saturated heterocycles. The van der Waals surface area contributed by atoms with Crippen LogP contribution in [0.4, 0.5) is 10.1 Å². The first-order valence-corrected chi connectivity index (χ1v) is 5.07. The number of hydrogen-bond donors (Lipinski definition) is 0. The van der Waals surface area contributed by atoms with E-state index in [-0.39, 0.29) is 11.4 Å². The van der Waals surface area contributed by atoms with Crippen LogP contribution in [0.25, 0.3) is 0 Å². The average molecular weight is 227 g/mol. The van der Waals surface area contributed by atoms with Gasteiger partial charge in [-0.2, -0.15) is 0 Å². The molecule has 0 N–H and O–H groups in total. The second kappa shape index (κ2) is 5.44. The van der Waals surface area contributed by atoms with Crippen molar-refractivity contribution in [1.29, 1.82) is 0 Å². The van der Waals surface area contributed by atoms with E-state index in [2.05, 4.69) is 0 Å². The summed E-state index contributed by atoms with van der Waals surface area (Å²) in [7, 11) is 0. The van der Waals surface area contributed by atoms with Crippen LogP contribution >= 0.6 is 0 Å². The highest BCUT2D eigenvalue weighted by Crippen LogP contribution is 2.27. The smallest absolute Gasteiger partial charge is 0.311 e. The molecule has 0 unspecified atom stereocenters. The molecule has 0 spiro atoms. The Labute approximate surface area is 93.2 Å². The molecule has 88 valence electrons. The van der Waals surface area contributed by atoms with Gasteiger partial charge in [0, 0.05) is 12.1 Å². The molecule has 4 nitrogen and oxygen atoms in total. The van der Waals surface area contributed by atoms with Crippen LogP contribution in [0, 0.1) is 21.8 Å². The maximum Gasteiger partial charge on any atom is 0.311 e. The number of halogens is 1. The minimum atomic E-state index is -0.579. The molecule has 0 saturated carbocycles. The molecular formula is C11H14FNO3. The lowest BCUT2D eigenvalue weighted by atomic mass is 10.1. The van der Waals surface area contributed by atoms with Crippen molar-refractivity contribution in [2.75, 3.05) is 6.61 Å². The fourth-order valence-corrected chi connectivity index (χ4v) is 1.16. The molecular weight excluding hydrogens is 213 g/mol. The zero-order valence-corrected chi connectivity index (χ0v) is 9.27. The van der Waals surface area contributed by atoms with Crippen molar-refractivity contribution in [3.8, 4) is 5.75 Å². The van der Waals surface area contributed by atoms with Crippen LogP contribution in [-0.2, 0) is 0 Å². The van der Waals surface area contributed by atoms with Gasteiger partial charge in [-0.25, -0.2) is 4.39 Å². The molecule has 0 amide bonds. The van der Waals surface area contributed by atoms with Crippen LogP contribution in [0.1, 0.15) is 20.3 Å². The summed E-state index contributed by atoms with van der Waals surface area (Å²) in [4.78, 5) is 10.1. The van der Waals surface area contributed by atoms with Gasteiger partial charge in [0.2, 0.25) is 0 Å². The third-order valence-electron chi connectivity index (χ3n) is 2.07. The molecule has 0 heterocycles. The second-order valence-corrected chi connectivity index (χ2v) is 3.90. The number of hydrogen-bond acceptors (Lipinski definition) is 3. The standard InChI is InChI=1S/C11H14FNO3/c1-8(2)5-6-16-11-7-9(12)3-4-10(11)13(14)15/h3-4,7-8H,5-6H2,1-2H3. The molecule has 0 bridgehead atoms. The zero-order chi connectivity index (χ0) is 12.1. The first kappa shape index (κ1) is 12.4. The van der Waals surface area contributed by atoms with Crippen molar-refractivity contribution in [2.45, 2.75) is 20.3 Å².